The predicted octanol–water partition coefficient (Wildman–Crippen LogP) is 3.15. The molecule has 1 atom stereocenters. The number of pyridine rings is 1. The summed E-state index contributed by atoms with van der Waals surface area (Å²) in [5, 5.41) is 0. The molecule has 18 heavy (non-hydrogen) atoms. The van der Waals surface area contributed by atoms with Crippen molar-refractivity contribution < 1.29 is 0 Å². The molecule has 0 fully saturated rings. The van der Waals surface area contributed by atoms with E-state index in [1.165, 1.54) is 6.42 Å². The van der Waals surface area contributed by atoms with Gasteiger partial charge in [0, 0.05) is 25.0 Å². The second-order valence-corrected chi connectivity index (χ2v) is 5.27. The SMILES string of the molecule is CCC(C)CN(CC)Cc1ncc(C)c(N)c1C. The van der Waals surface area contributed by atoms with Gasteiger partial charge >= 0.3 is 0 Å². The second kappa shape index (κ2) is 6.74. The molecule has 1 heterocycles. The Bertz CT molecular complexity index is 388. The number of anilines is 1. The first-order valence-corrected chi connectivity index (χ1v) is 6.92. The number of aryl methyl sites for hydroxylation is 1. The summed E-state index contributed by atoms with van der Waals surface area (Å²) in [7, 11) is 0. The van der Waals surface area contributed by atoms with Gasteiger partial charge in [-0.15, -0.1) is 0 Å². The summed E-state index contributed by atoms with van der Waals surface area (Å²) in [5.41, 5.74) is 10.3. The first-order chi connectivity index (χ1) is 8.49. The van der Waals surface area contributed by atoms with Crippen LogP contribution in [0.2, 0.25) is 0 Å². The Morgan fingerprint density at radius 1 is 1.33 bits per heavy atom. The fourth-order valence-electron chi connectivity index (χ4n) is 2.04. The molecule has 0 radical (unpaired) electrons. The lowest BCUT2D eigenvalue weighted by Crippen LogP contribution is -2.28. The molecule has 0 bridgehead atoms. The van der Waals surface area contributed by atoms with Crippen LogP contribution in [0.5, 0.6) is 0 Å². The molecule has 2 N–H and O–H groups in total. The van der Waals surface area contributed by atoms with Gasteiger partial charge < -0.3 is 5.73 Å². The highest BCUT2D eigenvalue weighted by Gasteiger charge is 2.12. The first kappa shape index (κ1) is 15.0. The molecule has 0 aliphatic rings. The van der Waals surface area contributed by atoms with Crippen molar-refractivity contribution >= 4 is 5.69 Å². The van der Waals surface area contributed by atoms with E-state index in [1.807, 2.05) is 13.1 Å². The third-order valence-corrected chi connectivity index (χ3v) is 3.76. The van der Waals surface area contributed by atoms with Crippen molar-refractivity contribution in [1.29, 1.82) is 0 Å². The van der Waals surface area contributed by atoms with Crippen LogP contribution in [0.1, 0.15) is 44.0 Å². The number of nitrogens with two attached hydrogens (primary N) is 1. The van der Waals surface area contributed by atoms with Gasteiger partial charge in [0.15, 0.2) is 0 Å². The largest absolute Gasteiger partial charge is 0.398 e. The van der Waals surface area contributed by atoms with E-state index in [0.717, 1.165) is 48.1 Å². The van der Waals surface area contributed by atoms with Crippen molar-refractivity contribution in [2.75, 3.05) is 18.8 Å². The van der Waals surface area contributed by atoms with Gasteiger partial charge in [0.1, 0.15) is 0 Å². The smallest absolute Gasteiger partial charge is 0.0593 e. The number of aromatic nitrogens is 1. The van der Waals surface area contributed by atoms with Gasteiger partial charge in [-0.25, -0.2) is 0 Å². The lowest BCUT2D eigenvalue weighted by atomic mass is 10.1. The topological polar surface area (TPSA) is 42.2 Å². The molecule has 3 nitrogen and oxygen atoms in total. The average molecular weight is 249 g/mol. The Hall–Kier alpha value is -1.09. The Kier molecular flexibility index (Phi) is 5.60. The van der Waals surface area contributed by atoms with Crippen LogP contribution >= 0.6 is 0 Å². The van der Waals surface area contributed by atoms with Crippen LogP contribution in [-0.2, 0) is 6.54 Å². The summed E-state index contributed by atoms with van der Waals surface area (Å²) in [6.07, 6.45) is 3.10. The maximum Gasteiger partial charge on any atom is 0.0593 e. The second-order valence-electron chi connectivity index (χ2n) is 5.27. The maximum atomic E-state index is 6.07. The summed E-state index contributed by atoms with van der Waals surface area (Å²) in [5.74, 6) is 0.730. The van der Waals surface area contributed by atoms with Gasteiger partial charge in [0.2, 0.25) is 0 Å². The summed E-state index contributed by atoms with van der Waals surface area (Å²) in [4.78, 5) is 6.98. The molecule has 102 valence electrons. The zero-order valence-corrected chi connectivity index (χ0v) is 12.5. The van der Waals surface area contributed by atoms with Crippen molar-refractivity contribution in [3.05, 3.63) is 23.0 Å². The zero-order valence-electron chi connectivity index (χ0n) is 12.5. The van der Waals surface area contributed by atoms with Crippen molar-refractivity contribution in [2.24, 2.45) is 5.92 Å². The van der Waals surface area contributed by atoms with Crippen molar-refractivity contribution in [3.63, 3.8) is 0 Å². The molecule has 1 unspecified atom stereocenters. The van der Waals surface area contributed by atoms with E-state index in [0.29, 0.717) is 0 Å². The molecule has 1 aromatic heterocycles. The van der Waals surface area contributed by atoms with Gasteiger partial charge in [0.05, 0.1) is 5.69 Å². The number of nitrogens with zero attached hydrogens (tertiary/aromatic N) is 2. The lowest BCUT2D eigenvalue weighted by Gasteiger charge is -2.24. The fraction of sp³-hybridized carbons (Fsp3) is 0.667. The Labute approximate surface area is 111 Å². The highest BCUT2D eigenvalue weighted by Crippen LogP contribution is 2.19. The van der Waals surface area contributed by atoms with Crippen LogP contribution in [0.25, 0.3) is 0 Å². The Morgan fingerprint density at radius 3 is 2.56 bits per heavy atom. The Morgan fingerprint density at radius 2 is 2.00 bits per heavy atom. The molecule has 3 heteroatoms. The fourth-order valence-corrected chi connectivity index (χ4v) is 2.04. The van der Waals surface area contributed by atoms with E-state index in [9.17, 15) is 0 Å². The van der Waals surface area contributed by atoms with Crippen LogP contribution < -0.4 is 5.73 Å². The molecular formula is C15H27N3. The predicted molar refractivity (Wildman–Crippen MR) is 78.5 cm³/mol. The van der Waals surface area contributed by atoms with Gasteiger partial charge in [-0.05, 0) is 37.4 Å². The molecule has 0 aromatic carbocycles. The monoisotopic (exact) mass is 249 g/mol. The van der Waals surface area contributed by atoms with E-state index in [1.54, 1.807) is 0 Å². The molecule has 0 saturated heterocycles. The minimum Gasteiger partial charge on any atom is -0.398 e. The van der Waals surface area contributed by atoms with E-state index in [4.69, 9.17) is 5.73 Å². The quantitative estimate of drug-likeness (QED) is 0.842. The standard InChI is InChI=1S/C15H27N3/c1-6-11(3)9-18(7-2)10-14-13(5)15(16)12(4)8-17-14/h8,11H,6-7,9-10H2,1-5H3,(H2,16,17). The van der Waals surface area contributed by atoms with Gasteiger partial charge in [-0.3, -0.25) is 9.88 Å². The Balaban J connectivity index is 2.79. The van der Waals surface area contributed by atoms with E-state index in [2.05, 4.69) is 37.6 Å². The summed E-state index contributed by atoms with van der Waals surface area (Å²) in [6.45, 7) is 13.9. The highest BCUT2D eigenvalue weighted by atomic mass is 15.1. The number of hydrogen-bond acceptors (Lipinski definition) is 3. The van der Waals surface area contributed by atoms with Crippen molar-refractivity contribution in [1.82, 2.24) is 9.88 Å². The molecule has 0 aliphatic heterocycles. The third-order valence-electron chi connectivity index (χ3n) is 3.76. The van der Waals surface area contributed by atoms with Crippen molar-refractivity contribution in [3.8, 4) is 0 Å². The molecule has 1 aromatic rings. The summed E-state index contributed by atoms with van der Waals surface area (Å²) in [6, 6.07) is 0. The minimum absolute atomic E-state index is 0.730. The summed E-state index contributed by atoms with van der Waals surface area (Å²) >= 11 is 0. The first-order valence-electron chi connectivity index (χ1n) is 6.92. The lowest BCUT2D eigenvalue weighted by molar-refractivity contribution is 0.235. The normalized spacial score (nSPS) is 13.0. The van der Waals surface area contributed by atoms with E-state index in [-0.39, 0.29) is 0 Å². The number of nitrogen functional groups attached to an aromatic ring is 1. The molecule has 1 rings (SSSR count). The van der Waals surface area contributed by atoms with Gasteiger partial charge in [-0.1, -0.05) is 27.2 Å². The van der Waals surface area contributed by atoms with E-state index < -0.39 is 0 Å². The third kappa shape index (κ3) is 3.70. The number of rotatable bonds is 6. The van der Waals surface area contributed by atoms with Crippen LogP contribution in [0.15, 0.2) is 6.20 Å². The van der Waals surface area contributed by atoms with E-state index >= 15 is 0 Å². The zero-order chi connectivity index (χ0) is 13.7. The maximum absolute atomic E-state index is 6.07. The molecular weight excluding hydrogens is 222 g/mol. The molecule has 0 saturated carbocycles. The van der Waals surface area contributed by atoms with Crippen LogP contribution in [-0.4, -0.2) is 23.0 Å². The van der Waals surface area contributed by atoms with Crippen molar-refractivity contribution in [2.45, 2.75) is 47.6 Å². The van der Waals surface area contributed by atoms with Crippen LogP contribution in [0.4, 0.5) is 5.69 Å². The van der Waals surface area contributed by atoms with Crippen LogP contribution in [0, 0.1) is 19.8 Å². The van der Waals surface area contributed by atoms with Crippen LogP contribution in [0.3, 0.4) is 0 Å². The summed E-state index contributed by atoms with van der Waals surface area (Å²) < 4.78 is 0. The molecule has 0 amide bonds. The average Bonchev–Trinajstić information content (AvgIpc) is 2.38. The van der Waals surface area contributed by atoms with Gasteiger partial charge in [0.25, 0.3) is 0 Å². The number of hydrogen-bond donors (Lipinski definition) is 1. The molecule has 0 aliphatic carbocycles. The highest BCUT2D eigenvalue weighted by molar-refractivity contribution is 5.53. The minimum atomic E-state index is 0.730. The molecule has 0 spiro atoms. The van der Waals surface area contributed by atoms with Gasteiger partial charge in [-0.2, -0.15) is 0 Å².